The quantitative estimate of drug-likeness (QED) is 0.737. The molecule has 0 aliphatic rings. The first-order valence-electron chi connectivity index (χ1n) is 4.43. The van der Waals surface area contributed by atoms with Gasteiger partial charge in [0.1, 0.15) is 17.3 Å². The summed E-state index contributed by atoms with van der Waals surface area (Å²) >= 11 is 5.90. The highest BCUT2D eigenvalue weighted by Gasteiger charge is 2.02. The van der Waals surface area contributed by atoms with Gasteiger partial charge in [0.15, 0.2) is 0 Å². The zero-order chi connectivity index (χ0) is 10.7. The van der Waals surface area contributed by atoms with Crippen LogP contribution in [0, 0.1) is 5.82 Å². The first-order valence-corrected chi connectivity index (χ1v) is 4.81. The van der Waals surface area contributed by atoms with E-state index in [9.17, 15) is 4.39 Å². The Morgan fingerprint density at radius 2 is 1.80 bits per heavy atom. The molecule has 0 saturated heterocycles. The predicted octanol–water partition coefficient (Wildman–Crippen LogP) is 4.27. The average molecular weight is 223 g/mol. The Morgan fingerprint density at radius 1 is 1.00 bits per heavy atom. The molecule has 0 aromatic heterocycles. The summed E-state index contributed by atoms with van der Waals surface area (Å²) in [6, 6.07) is 13.0. The molecule has 0 fully saturated rings. The number of halogens is 2. The molecule has 1 nitrogen and oxygen atoms in total. The van der Waals surface area contributed by atoms with Crippen LogP contribution in [0.1, 0.15) is 0 Å². The molecular formula is C12H8ClFO. The van der Waals surface area contributed by atoms with Crippen LogP contribution < -0.4 is 4.74 Å². The van der Waals surface area contributed by atoms with E-state index in [-0.39, 0.29) is 5.82 Å². The summed E-state index contributed by atoms with van der Waals surface area (Å²) in [7, 11) is 0. The maximum atomic E-state index is 12.9. The third-order valence-corrected chi connectivity index (χ3v) is 2.17. The highest BCUT2D eigenvalue weighted by molar-refractivity contribution is 6.32. The van der Waals surface area contributed by atoms with E-state index >= 15 is 0 Å². The standard InChI is InChI=1S/C12H8ClFO/c13-11-6-1-2-7-12(11)15-10-5-3-4-9(14)8-10/h1-8H. The summed E-state index contributed by atoms with van der Waals surface area (Å²) in [4.78, 5) is 0. The minimum atomic E-state index is -0.334. The zero-order valence-corrected chi connectivity index (χ0v) is 8.54. The van der Waals surface area contributed by atoms with Gasteiger partial charge < -0.3 is 4.74 Å². The molecule has 0 N–H and O–H groups in total. The fraction of sp³-hybridized carbons (Fsp3) is 0. The van der Waals surface area contributed by atoms with Gasteiger partial charge in [0.2, 0.25) is 0 Å². The van der Waals surface area contributed by atoms with E-state index < -0.39 is 0 Å². The minimum absolute atomic E-state index is 0.334. The van der Waals surface area contributed by atoms with E-state index in [1.165, 1.54) is 12.1 Å². The van der Waals surface area contributed by atoms with E-state index in [2.05, 4.69) is 0 Å². The van der Waals surface area contributed by atoms with Gasteiger partial charge in [0, 0.05) is 6.07 Å². The Kier molecular flexibility index (Phi) is 2.88. The largest absolute Gasteiger partial charge is 0.456 e. The van der Waals surface area contributed by atoms with Crippen molar-refractivity contribution in [3.05, 3.63) is 59.4 Å². The van der Waals surface area contributed by atoms with Crippen LogP contribution >= 0.6 is 11.6 Å². The van der Waals surface area contributed by atoms with E-state index in [1.54, 1.807) is 36.4 Å². The number of benzene rings is 2. The highest BCUT2D eigenvalue weighted by atomic mass is 35.5. The summed E-state index contributed by atoms with van der Waals surface area (Å²) < 4.78 is 18.3. The molecule has 0 heterocycles. The fourth-order valence-electron chi connectivity index (χ4n) is 1.18. The van der Waals surface area contributed by atoms with Crippen LogP contribution in [0.5, 0.6) is 11.5 Å². The molecular weight excluding hydrogens is 215 g/mol. The average Bonchev–Trinajstić information content (AvgIpc) is 2.22. The number of ether oxygens (including phenoxy) is 1. The molecule has 0 saturated carbocycles. The van der Waals surface area contributed by atoms with Gasteiger partial charge in [-0.05, 0) is 24.3 Å². The molecule has 0 unspecified atom stereocenters. The Hall–Kier alpha value is -1.54. The number of rotatable bonds is 2. The van der Waals surface area contributed by atoms with Crippen molar-refractivity contribution in [2.75, 3.05) is 0 Å². The van der Waals surface area contributed by atoms with E-state index in [0.29, 0.717) is 16.5 Å². The van der Waals surface area contributed by atoms with Gasteiger partial charge >= 0.3 is 0 Å². The molecule has 76 valence electrons. The first-order chi connectivity index (χ1) is 7.25. The van der Waals surface area contributed by atoms with Gasteiger partial charge in [0.05, 0.1) is 5.02 Å². The Labute approximate surface area is 92.1 Å². The molecule has 0 spiro atoms. The van der Waals surface area contributed by atoms with Crippen LogP contribution in [-0.2, 0) is 0 Å². The van der Waals surface area contributed by atoms with Crippen LogP contribution in [0.4, 0.5) is 4.39 Å². The Morgan fingerprint density at radius 3 is 2.53 bits per heavy atom. The van der Waals surface area contributed by atoms with Crippen molar-refractivity contribution in [1.82, 2.24) is 0 Å². The van der Waals surface area contributed by atoms with Crippen LogP contribution in [0.25, 0.3) is 0 Å². The lowest BCUT2D eigenvalue weighted by Crippen LogP contribution is -1.85. The second kappa shape index (κ2) is 4.32. The molecule has 0 bridgehead atoms. The molecule has 0 radical (unpaired) electrons. The van der Waals surface area contributed by atoms with Gasteiger partial charge in [-0.3, -0.25) is 0 Å². The second-order valence-electron chi connectivity index (χ2n) is 2.99. The lowest BCUT2D eigenvalue weighted by atomic mass is 10.3. The van der Waals surface area contributed by atoms with Crippen molar-refractivity contribution in [3.8, 4) is 11.5 Å². The van der Waals surface area contributed by atoms with Gasteiger partial charge in [-0.15, -0.1) is 0 Å². The van der Waals surface area contributed by atoms with Crippen molar-refractivity contribution >= 4 is 11.6 Å². The normalized spacial score (nSPS) is 10.0. The third kappa shape index (κ3) is 2.48. The van der Waals surface area contributed by atoms with Gasteiger partial charge in [-0.2, -0.15) is 0 Å². The maximum absolute atomic E-state index is 12.9. The summed E-state index contributed by atoms with van der Waals surface area (Å²) in [6.45, 7) is 0. The van der Waals surface area contributed by atoms with Crippen molar-refractivity contribution < 1.29 is 9.13 Å². The van der Waals surface area contributed by atoms with Crippen LogP contribution in [0.3, 0.4) is 0 Å². The van der Waals surface area contributed by atoms with Gasteiger partial charge in [-0.25, -0.2) is 4.39 Å². The first kappa shape index (κ1) is 9.99. The number of para-hydroxylation sites is 1. The fourth-order valence-corrected chi connectivity index (χ4v) is 1.36. The molecule has 0 atom stereocenters. The van der Waals surface area contributed by atoms with Gasteiger partial charge in [0.25, 0.3) is 0 Å². The summed E-state index contributed by atoms with van der Waals surface area (Å²) in [6.07, 6.45) is 0. The lowest BCUT2D eigenvalue weighted by molar-refractivity contribution is 0.477. The van der Waals surface area contributed by atoms with Crippen LogP contribution in [0.15, 0.2) is 48.5 Å². The lowest BCUT2D eigenvalue weighted by Gasteiger charge is -2.06. The Bertz CT molecular complexity index is 471. The molecule has 2 aromatic carbocycles. The molecule has 0 aliphatic carbocycles. The molecule has 2 rings (SSSR count). The van der Waals surface area contributed by atoms with E-state index in [0.717, 1.165) is 0 Å². The van der Waals surface area contributed by atoms with E-state index in [4.69, 9.17) is 16.3 Å². The smallest absolute Gasteiger partial charge is 0.146 e. The minimum Gasteiger partial charge on any atom is -0.456 e. The molecule has 0 amide bonds. The monoisotopic (exact) mass is 222 g/mol. The molecule has 2 aromatic rings. The molecule has 0 aliphatic heterocycles. The highest BCUT2D eigenvalue weighted by Crippen LogP contribution is 2.28. The maximum Gasteiger partial charge on any atom is 0.146 e. The SMILES string of the molecule is Fc1cccc(Oc2ccccc2Cl)c1. The molecule has 3 heteroatoms. The van der Waals surface area contributed by atoms with Crippen molar-refractivity contribution in [1.29, 1.82) is 0 Å². The summed E-state index contributed by atoms with van der Waals surface area (Å²) in [5.74, 6) is 0.618. The topological polar surface area (TPSA) is 9.23 Å². The Balaban J connectivity index is 2.26. The second-order valence-corrected chi connectivity index (χ2v) is 3.40. The van der Waals surface area contributed by atoms with Crippen LogP contribution in [-0.4, -0.2) is 0 Å². The molecule has 15 heavy (non-hydrogen) atoms. The van der Waals surface area contributed by atoms with E-state index in [1.807, 2.05) is 0 Å². The van der Waals surface area contributed by atoms with Gasteiger partial charge in [-0.1, -0.05) is 29.8 Å². The van der Waals surface area contributed by atoms with Crippen molar-refractivity contribution in [3.63, 3.8) is 0 Å². The summed E-state index contributed by atoms with van der Waals surface area (Å²) in [5.41, 5.74) is 0. The van der Waals surface area contributed by atoms with Crippen molar-refractivity contribution in [2.24, 2.45) is 0 Å². The van der Waals surface area contributed by atoms with Crippen molar-refractivity contribution in [2.45, 2.75) is 0 Å². The third-order valence-electron chi connectivity index (χ3n) is 1.86. The zero-order valence-electron chi connectivity index (χ0n) is 7.78. The predicted molar refractivity (Wildman–Crippen MR) is 57.9 cm³/mol. The van der Waals surface area contributed by atoms with Crippen LogP contribution in [0.2, 0.25) is 5.02 Å². The number of hydrogen-bond donors (Lipinski definition) is 0. The number of hydrogen-bond acceptors (Lipinski definition) is 1. The summed E-state index contributed by atoms with van der Waals surface area (Å²) in [5, 5.41) is 0.502.